The third kappa shape index (κ3) is 2.43. The first-order chi connectivity index (χ1) is 8.04. The first-order valence-electron chi connectivity index (χ1n) is 5.36. The van der Waals surface area contributed by atoms with Gasteiger partial charge in [0.2, 0.25) is 10.0 Å². The normalized spacial score (nSPS) is 21.6. The predicted molar refractivity (Wildman–Crippen MR) is 62.4 cm³/mol. The monoisotopic (exact) mass is 257 g/mol. The summed E-state index contributed by atoms with van der Waals surface area (Å²) >= 11 is 0. The van der Waals surface area contributed by atoms with Crippen LogP contribution >= 0.6 is 0 Å². The molecule has 0 spiro atoms. The van der Waals surface area contributed by atoms with E-state index in [4.69, 9.17) is 4.74 Å². The van der Waals surface area contributed by atoms with E-state index in [1.165, 1.54) is 23.5 Å². The molecule has 1 aliphatic rings. The highest BCUT2D eigenvalue weighted by molar-refractivity contribution is 7.89. The fourth-order valence-electron chi connectivity index (χ4n) is 1.84. The Morgan fingerprint density at radius 1 is 1.47 bits per heavy atom. The number of nitrogens with zero attached hydrogens (tertiary/aromatic N) is 1. The summed E-state index contributed by atoms with van der Waals surface area (Å²) in [7, 11) is -2.02. The van der Waals surface area contributed by atoms with Crippen LogP contribution in [0.25, 0.3) is 0 Å². The van der Waals surface area contributed by atoms with Gasteiger partial charge < -0.3 is 9.84 Å². The zero-order valence-electron chi connectivity index (χ0n) is 9.54. The number of ether oxygens (including phenoxy) is 1. The molecule has 1 heterocycles. The van der Waals surface area contributed by atoms with Gasteiger partial charge in [0.05, 0.1) is 18.1 Å². The smallest absolute Gasteiger partial charge is 0.243 e. The van der Waals surface area contributed by atoms with Gasteiger partial charge in [0.1, 0.15) is 5.75 Å². The van der Waals surface area contributed by atoms with Crippen LogP contribution in [0.3, 0.4) is 0 Å². The molecule has 0 aliphatic carbocycles. The number of hydrogen-bond donors (Lipinski definition) is 1. The second kappa shape index (κ2) is 4.64. The highest BCUT2D eigenvalue weighted by Crippen LogP contribution is 2.23. The van der Waals surface area contributed by atoms with E-state index in [0.717, 1.165) is 0 Å². The third-order valence-corrected chi connectivity index (χ3v) is 4.67. The first-order valence-corrected chi connectivity index (χ1v) is 6.80. The summed E-state index contributed by atoms with van der Waals surface area (Å²) in [5, 5.41) is 9.38. The second-order valence-corrected chi connectivity index (χ2v) is 5.92. The zero-order chi connectivity index (χ0) is 12.5. The fraction of sp³-hybridized carbons (Fsp3) is 0.455. The molecule has 0 radical (unpaired) electrons. The molecule has 1 N–H and O–H groups in total. The largest absolute Gasteiger partial charge is 0.497 e. The van der Waals surface area contributed by atoms with E-state index in [9.17, 15) is 13.5 Å². The van der Waals surface area contributed by atoms with Crippen molar-refractivity contribution in [2.45, 2.75) is 17.4 Å². The van der Waals surface area contributed by atoms with Gasteiger partial charge in [0, 0.05) is 19.2 Å². The van der Waals surface area contributed by atoms with Crippen LogP contribution in [0.4, 0.5) is 0 Å². The van der Waals surface area contributed by atoms with Crippen LogP contribution in [-0.2, 0) is 10.0 Å². The van der Waals surface area contributed by atoms with Crippen molar-refractivity contribution >= 4 is 10.0 Å². The molecule has 6 heteroatoms. The molecule has 1 unspecified atom stereocenters. The number of rotatable bonds is 3. The Morgan fingerprint density at radius 2 is 2.24 bits per heavy atom. The highest BCUT2D eigenvalue weighted by Gasteiger charge is 2.31. The van der Waals surface area contributed by atoms with E-state index in [1.54, 1.807) is 12.1 Å². The topological polar surface area (TPSA) is 66.8 Å². The van der Waals surface area contributed by atoms with E-state index < -0.39 is 16.1 Å². The van der Waals surface area contributed by atoms with Crippen molar-refractivity contribution in [2.24, 2.45) is 0 Å². The number of hydrogen-bond acceptors (Lipinski definition) is 4. The molecular formula is C11H15NO4S. The van der Waals surface area contributed by atoms with Crippen molar-refractivity contribution in [2.75, 3.05) is 20.2 Å². The van der Waals surface area contributed by atoms with Crippen LogP contribution in [0.15, 0.2) is 29.2 Å². The number of sulfonamides is 1. The fourth-order valence-corrected chi connectivity index (χ4v) is 3.37. The van der Waals surface area contributed by atoms with Crippen LogP contribution in [0.1, 0.15) is 6.42 Å². The standard InChI is InChI=1S/C11H15NO4S/c1-16-10-3-2-4-11(7-10)17(14,15)12-6-5-9(13)8-12/h2-4,7,9,13H,5-6,8H2,1H3. The molecule has 1 fully saturated rings. The molecule has 0 bridgehead atoms. The van der Waals surface area contributed by atoms with Gasteiger partial charge in [-0.25, -0.2) is 8.42 Å². The van der Waals surface area contributed by atoms with Crippen LogP contribution in [0, 0.1) is 0 Å². The van der Waals surface area contributed by atoms with Crippen molar-refractivity contribution < 1.29 is 18.3 Å². The van der Waals surface area contributed by atoms with Gasteiger partial charge in [-0.3, -0.25) is 0 Å². The van der Waals surface area contributed by atoms with Gasteiger partial charge in [-0.1, -0.05) is 6.07 Å². The summed E-state index contributed by atoms with van der Waals surface area (Å²) in [6.07, 6.45) is -0.0705. The van der Waals surface area contributed by atoms with E-state index in [1.807, 2.05) is 0 Å². The molecule has 1 saturated heterocycles. The van der Waals surface area contributed by atoms with E-state index >= 15 is 0 Å². The minimum Gasteiger partial charge on any atom is -0.497 e. The summed E-state index contributed by atoms with van der Waals surface area (Å²) in [6, 6.07) is 6.35. The van der Waals surface area contributed by atoms with Crippen molar-refractivity contribution in [1.29, 1.82) is 0 Å². The molecule has 0 saturated carbocycles. The molecule has 0 amide bonds. The van der Waals surface area contributed by atoms with Crippen molar-refractivity contribution in [3.63, 3.8) is 0 Å². The van der Waals surface area contributed by atoms with Gasteiger partial charge in [-0.05, 0) is 18.6 Å². The van der Waals surface area contributed by atoms with E-state index in [0.29, 0.717) is 18.7 Å². The molecule has 94 valence electrons. The lowest BCUT2D eigenvalue weighted by Gasteiger charge is -2.16. The highest BCUT2D eigenvalue weighted by atomic mass is 32.2. The number of aliphatic hydroxyl groups is 1. The summed E-state index contributed by atoms with van der Waals surface area (Å²) in [5.74, 6) is 0.505. The lowest BCUT2D eigenvalue weighted by atomic mass is 10.3. The Labute approximate surface area is 101 Å². The van der Waals surface area contributed by atoms with E-state index in [-0.39, 0.29) is 11.4 Å². The Hall–Kier alpha value is -1.11. The van der Waals surface area contributed by atoms with Crippen LogP contribution in [0.2, 0.25) is 0 Å². The number of aliphatic hydroxyl groups excluding tert-OH is 1. The van der Waals surface area contributed by atoms with Crippen molar-refractivity contribution in [1.82, 2.24) is 4.31 Å². The van der Waals surface area contributed by atoms with Crippen molar-refractivity contribution in [3.05, 3.63) is 24.3 Å². The molecule has 17 heavy (non-hydrogen) atoms. The Morgan fingerprint density at radius 3 is 2.82 bits per heavy atom. The SMILES string of the molecule is COc1cccc(S(=O)(=O)N2CCC(O)C2)c1. The number of β-amino-alcohol motifs (C(OH)–C–C–N with tert-alkyl or cyclic N) is 1. The first kappa shape index (κ1) is 12.3. The third-order valence-electron chi connectivity index (χ3n) is 2.81. The summed E-state index contributed by atoms with van der Waals surface area (Å²) < 4.78 is 30.7. The van der Waals surface area contributed by atoms with Crippen LogP contribution in [-0.4, -0.2) is 44.1 Å². The molecular weight excluding hydrogens is 242 g/mol. The maximum Gasteiger partial charge on any atom is 0.243 e. The molecule has 1 aliphatic heterocycles. The van der Waals surface area contributed by atoms with Gasteiger partial charge in [0.25, 0.3) is 0 Å². The van der Waals surface area contributed by atoms with Crippen LogP contribution < -0.4 is 4.74 Å². The summed E-state index contributed by atoms with van der Waals surface area (Å²) in [6.45, 7) is 0.528. The number of benzene rings is 1. The number of methoxy groups -OCH3 is 1. The molecule has 2 rings (SSSR count). The lowest BCUT2D eigenvalue weighted by molar-refractivity contribution is 0.189. The maximum atomic E-state index is 12.2. The predicted octanol–water partition coefficient (Wildman–Crippen LogP) is 0.450. The zero-order valence-corrected chi connectivity index (χ0v) is 10.4. The summed E-state index contributed by atoms with van der Waals surface area (Å²) in [5.41, 5.74) is 0. The second-order valence-electron chi connectivity index (χ2n) is 3.98. The molecule has 1 aromatic rings. The van der Waals surface area contributed by atoms with Gasteiger partial charge >= 0.3 is 0 Å². The van der Waals surface area contributed by atoms with Gasteiger partial charge in [-0.15, -0.1) is 0 Å². The molecule has 1 aromatic carbocycles. The van der Waals surface area contributed by atoms with Crippen molar-refractivity contribution in [3.8, 4) is 5.75 Å². The lowest BCUT2D eigenvalue weighted by Crippen LogP contribution is -2.29. The minimum absolute atomic E-state index is 0.166. The molecule has 1 atom stereocenters. The molecule has 0 aromatic heterocycles. The van der Waals surface area contributed by atoms with Crippen LogP contribution in [0.5, 0.6) is 5.75 Å². The maximum absolute atomic E-state index is 12.2. The minimum atomic E-state index is -3.51. The average molecular weight is 257 g/mol. The van der Waals surface area contributed by atoms with E-state index in [2.05, 4.69) is 0 Å². The van der Waals surface area contributed by atoms with Gasteiger partial charge in [0.15, 0.2) is 0 Å². The average Bonchev–Trinajstić information content (AvgIpc) is 2.76. The Kier molecular flexibility index (Phi) is 3.37. The Balaban J connectivity index is 2.31. The molecule has 5 nitrogen and oxygen atoms in total. The quantitative estimate of drug-likeness (QED) is 0.853. The van der Waals surface area contributed by atoms with Gasteiger partial charge in [-0.2, -0.15) is 4.31 Å². The summed E-state index contributed by atoms with van der Waals surface area (Å²) in [4.78, 5) is 0.200. The Bertz CT molecular complexity index is 500.